The van der Waals surface area contributed by atoms with E-state index >= 15 is 0 Å². The molecule has 0 saturated heterocycles. The number of hydrogen-bond acceptors (Lipinski definition) is 1. The fourth-order valence-electron chi connectivity index (χ4n) is 1.59. The number of aryl methyl sites for hydroxylation is 1. The average molecular weight is 265 g/mol. The Morgan fingerprint density at radius 2 is 1.82 bits per heavy atom. The second kappa shape index (κ2) is 5.48. The van der Waals surface area contributed by atoms with E-state index < -0.39 is 10.8 Å². The lowest BCUT2D eigenvalue weighted by atomic mass is 10.2. The maximum Gasteiger partial charge on any atom is 0.0864 e. The summed E-state index contributed by atoms with van der Waals surface area (Å²) in [7, 11) is -1.20. The molecule has 17 heavy (non-hydrogen) atoms. The SMILES string of the molecule is CCc1ccc(S(=O)c2ccccc2)c(Cl)c1. The Balaban J connectivity index is 2.38. The van der Waals surface area contributed by atoms with Crippen LogP contribution in [0.5, 0.6) is 0 Å². The summed E-state index contributed by atoms with van der Waals surface area (Å²) in [6, 6.07) is 15.1. The highest BCUT2D eigenvalue weighted by atomic mass is 35.5. The Bertz CT molecular complexity index is 537. The Kier molecular flexibility index (Phi) is 3.97. The van der Waals surface area contributed by atoms with Gasteiger partial charge in [-0.1, -0.05) is 42.8 Å². The molecule has 1 atom stereocenters. The summed E-state index contributed by atoms with van der Waals surface area (Å²) in [6.45, 7) is 2.07. The van der Waals surface area contributed by atoms with Crippen LogP contribution in [-0.2, 0) is 17.2 Å². The molecule has 0 aromatic heterocycles. The summed E-state index contributed by atoms with van der Waals surface area (Å²) >= 11 is 6.16. The molecule has 2 rings (SSSR count). The van der Waals surface area contributed by atoms with E-state index in [-0.39, 0.29) is 0 Å². The highest BCUT2D eigenvalue weighted by Gasteiger charge is 2.10. The normalized spacial score (nSPS) is 12.4. The Morgan fingerprint density at radius 1 is 1.12 bits per heavy atom. The molecule has 0 spiro atoms. The van der Waals surface area contributed by atoms with Crippen LogP contribution in [-0.4, -0.2) is 4.21 Å². The zero-order valence-corrected chi connectivity index (χ0v) is 11.1. The van der Waals surface area contributed by atoms with E-state index in [0.717, 1.165) is 16.9 Å². The van der Waals surface area contributed by atoms with Crippen LogP contribution in [0.1, 0.15) is 12.5 Å². The molecule has 88 valence electrons. The van der Waals surface area contributed by atoms with Crippen LogP contribution in [0.3, 0.4) is 0 Å². The van der Waals surface area contributed by atoms with Crippen molar-refractivity contribution in [1.82, 2.24) is 0 Å². The van der Waals surface area contributed by atoms with Gasteiger partial charge < -0.3 is 0 Å². The van der Waals surface area contributed by atoms with Gasteiger partial charge in [0.25, 0.3) is 0 Å². The zero-order chi connectivity index (χ0) is 12.3. The molecule has 0 saturated carbocycles. The topological polar surface area (TPSA) is 17.1 Å². The van der Waals surface area contributed by atoms with Gasteiger partial charge in [-0.15, -0.1) is 0 Å². The highest BCUT2D eigenvalue weighted by Crippen LogP contribution is 2.25. The molecule has 0 aliphatic rings. The van der Waals surface area contributed by atoms with Crippen molar-refractivity contribution in [2.24, 2.45) is 0 Å². The molecule has 0 radical (unpaired) electrons. The van der Waals surface area contributed by atoms with Gasteiger partial charge in [0.1, 0.15) is 0 Å². The third kappa shape index (κ3) is 2.76. The van der Waals surface area contributed by atoms with Crippen LogP contribution >= 0.6 is 11.6 Å². The van der Waals surface area contributed by atoms with E-state index in [4.69, 9.17) is 11.6 Å². The quantitative estimate of drug-likeness (QED) is 0.817. The zero-order valence-electron chi connectivity index (χ0n) is 9.52. The van der Waals surface area contributed by atoms with Crippen molar-refractivity contribution in [2.45, 2.75) is 23.1 Å². The van der Waals surface area contributed by atoms with Gasteiger partial charge in [-0.05, 0) is 36.2 Å². The van der Waals surface area contributed by atoms with Crippen molar-refractivity contribution in [2.75, 3.05) is 0 Å². The van der Waals surface area contributed by atoms with Crippen molar-refractivity contribution in [3.63, 3.8) is 0 Å². The Hall–Kier alpha value is -1.12. The molecule has 0 N–H and O–H groups in total. The molecule has 0 heterocycles. The second-order valence-corrected chi connectivity index (χ2v) is 5.56. The van der Waals surface area contributed by atoms with Crippen LogP contribution in [0.4, 0.5) is 0 Å². The van der Waals surface area contributed by atoms with E-state index in [1.165, 1.54) is 0 Å². The van der Waals surface area contributed by atoms with Crippen LogP contribution < -0.4 is 0 Å². The minimum absolute atomic E-state index is 0.575. The van der Waals surface area contributed by atoms with Gasteiger partial charge >= 0.3 is 0 Å². The van der Waals surface area contributed by atoms with Crippen molar-refractivity contribution >= 4 is 22.4 Å². The summed E-state index contributed by atoms with van der Waals surface area (Å²) in [6.07, 6.45) is 0.929. The first kappa shape index (κ1) is 12.3. The van der Waals surface area contributed by atoms with Crippen LogP contribution in [0.15, 0.2) is 58.3 Å². The third-order valence-electron chi connectivity index (χ3n) is 2.56. The van der Waals surface area contributed by atoms with Gasteiger partial charge in [-0.2, -0.15) is 0 Å². The van der Waals surface area contributed by atoms with Crippen molar-refractivity contribution in [3.8, 4) is 0 Å². The van der Waals surface area contributed by atoms with E-state index in [2.05, 4.69) is 6.92 Å². The first-order chi connectivity index (χ1) is 8.22. The van der Waals surface area contributed by atoms with E-state index in [0.29, 0.717) is 9.92 Å². The first-order valence-electron chi connectivity index (χ1n) is 5.47. The first-order valence-corrected chi connectivity index (χ1v) is 7.00. The Morgan fingerprint density at radius 3 is 2.41 bits per heavy atom. The minimum atomic E-state index is -1.20. The maximum absolute atomic E-state index is 12.3. The summed E-state index contributed by atoms with van der Waals surface area (Å²) in [4.78, 5) is 1.45. The molecule has 1 nitrogen and oxygen atoms in total. The average Bonchev–Trinajstić information content (AvgIpc) is 2.39. The summed E-state index contributed by atoms with van der Waals surface area (Å²) < 4.78 is 12.3. The summed E-state index contributed by atoms with van der Waals surface area (Å²) in [5, 5.41) is 0.575. The molecule has 2 aromatic carbocycles. The summed E-state index contributed by atoms with van der Waals surface area (Å²) in [5.41, 5.74) is 1.16. The number of benzene rings is 2. The predicted molar refractivity (Wildman–Crippen MR) is 71.9 cm³/mol. The number of halogens is 1. The smallest absolute Gasteiger partial charge is 0.0864 e. The minimum Gasteiger partial charge on any atom is -0.249 e. The van der Waals surface area contributed by atoms with Crippen LogP contribution in [0.2, 0.25) is 5.02 Å². The van der Waals surface area contributed by atoms with Gasteiger partial charge in [0, 0.05) is 4.90 Å². The lowest BCUT2D eigenvalue weighted by Crippen LogP contribution is -1.94. The number of rotatable bonds is 3. The van der Waals surface area contributed by atoms with Crippen molar-refractivity contribution in [3.05, 3.63) is 59.1 Å². The van der Waals surface area contributed by atoms with Gasteiger partial charge in [0.2, 0.25) is 0 Å². The molecule has 2 aromatic rings. The van der Waals surface area contributed by atoms with Crippen molar-refractivity contribution in [1.29, 1.82) is 0 Å². The van der Waals surface area contributed by atoms with Gasteiger partial charge in [-0.3, -0.25) is 0 Å². The van der Waals surface area contributed by atoms with E-state index in [1.54, 1.807) is 0 Å². The summed E-state index contributed by atoms with van der Waals surface area (Å²) in [5.74, 6) is 0. The predicted octanol–water partition coefficient (Wildman–Crippen LogP) is 4.07. The molecule has 0 aliphatic heterocycles. The molecular weight excluding hydrogens is 252 g/mol. The fourth-order valence-corrected chi connectivity index (χ4v) is 3.08. The highest BCUT2D eigenvalue weighted by molar-refractivity contribution is 7.85. The van der Waals surface area contributed by atoms with Crippen LogP contribution in [0, 0.1) is 0 Å². The molecule has 3 heteroatoms. The lowest BCUT2D eigenvalue weighted by Gasteiger charge is -2.06. The van der Waals surface area contributed by atoms with Gasteiger partial charge in [0.15, 0.2) is 0 Å². The van der Waals surface area contributed by atoms with Crippen LogP contribution in [0.25, 0.3) is 0 Å². The van der Waals surface area contributed by atoms with Gasteiger partial charge in [-0.25, -0.2) is 4.21 Å². The Labute approximate surface area is 109 Å². The standard InChI is InChI=1S/C14H13ClOS/c1-2-11-8-9-14(13(15)10-11)17(16)12-6-4-3-5-7-12/h3-10H,2H2,1H3. The van der Waals surface area contributed by atoms with Gasteiger partial charge in [0.05, 0.1) is 20.7 Å². The molecule has 0 bridgehead atoms. The molecular formula is C14H13ClOS. The van der Waals surface area contributed by atoms with E-state index in [9.17, 15) is 4.21 Å². The number of hydrogen-bond donors (Lipinski definition) is 0. The molecule has 1 unspecified atom stereocenters. The molecule has 0 amide bonds. The van der Waals surface area contributed by atoms with E-state index in [1.807, 2.05) is 48.5 Å². The van der Waals surface area contributed by atoms with Crippen molar-refractivity contribution < 1.29 is 4.21 Å². The molecule has 0 fully saturated rings. The largest absolute Gasteiger partial charge is 0.249 e. The molecule has 0 aliphatic carbocycles. The fraction of sp³-hybridized carbons (Fsp3) is 0.143. The third-order valence-corrected chi connectivity index (χ3v) is 4.44. The second-order valence-electron chi connectivity index (χ2n) is 3.70. The maximum atomic E-state index is 12.3. The monoisotopic (exact) mass is 264 g/mol. The lowest BCUT2D eigenvalue weighted by molar-refractivity contribution is 0.683.